The topological polar surface area (TPSA) is 104 Å². The number of thiophene rings is 1. The van der Waals surface area contributed by atoms with Crippen LogP contribution in [0.15, 0.2) is 54.9 Å². The molecule has 1 amide bonds. The molecule has 0 bridgehead atoms. The molecule has 0 saturated heterocycles. The first-order chi connectivity index (χ1) is 13.1. The number of aromatic nitrogens is 2. The van der Waals surface area contributed by atoms with Gasteiger partial charge in [-0.1, -0.05) is 6.07 Å². The lowest BCUT2D eigenvalue weighted by molar-refractivity contribution is 0.100. The van der Waals surface area contributed by atoms with Gasteiger partial charge in [0.1, 0.15) is 15.5 Å². The molecule has 3 heterocycles. The standard InChI is InChI=1S/C20H16N4O2S/c1-26-13-6-4-11(5-7-13)15-9-14(12-3-2-8-23-10-12)16-17(21)18(19(22)25)27-20(16)24-15/h2-10H,21H2,1H3,(H2,22,25). The van der Waals surface area contributed by atoms with Crippen LogP contribution in [0.4, 0.5) is 5.69 Å². The number of nitrogens with zero attached hydrogens (tertiary/aromatic N) is 2. The summed E-state index contributed by atoms with van der Waals surface area (Å²) in [5, 5.41) is 0.721. The quantitative estimate of drug-likeness (QED) is 0.565. The van der Waals surface area contributed by atoms with E-state index in [2.05, 4.69) is 4.98 Å². The highest BCUT2D eigenvalue weighted by molar-refractivity contribution is 7.21. The van der Waals surface area contributed by atoms with Gasteiger partial charge in [0.2, 0.25) is 0 Å². The van der Waals surface area contributed by atoms with E-state index in [4.69, 9.17) is 21.2 Å². The van der Waals surface area contributed by atoms with Crippen LogP contribution in [0.2, 0.25) is 0 Å². The van der Waals surface area contributed by atoms with E-state index in [0.717, 1.165) is 33.5 Å². The van der Waals surface area contributed by atoms with Gasteiger partial charge in [0.25, 0.3) is 5.91 Å². The molecule has 0 aliphatic heterocycles. The summed E-state index contributed by atoms with van der Waals surface area (Å²) >= 11 is 1.20. The summed E-state index contributed by atoms with van der Waals surface area (Å²) in [6, 6.07) is 13.4. The predicted octanol–water partition coefficient (Wildman–Crippen LogP) is 3.72. The highest BCUT2D eigenvalue weighted by Gasteiger charge is 2.20. The Morgan fingerprint density at radius 2 is 1.93 bits per heavy atom. The van der Waals surface area contributed by atoms with E-state index in [0.29, 0.717) is 15.4 Å². The van der Waals surface area contributed by atoms with Gasteiger partial charge >= 0.3 is 0 Å². The first-order valence-corrected chi connectivity index (χ1v) is 8.97. The van der Waals surface area contributed by atoms with Gasteiger partial charge in [-0.25, -0.2) is 4.98 Å². The van der Waals surface area contributed by atoms with Crippen molar-refractivity contribution in [3.63, 3.8) is 0 Å². The third kappa shape index (κ3) is 2.98. The van der Waals surface area contributed by atoms with Crippen molar-refractivity contribution in [2.45, 2.75) is 0 Å². The van der Waals surface area contributed by atoms with Gasteiger partial charge in [-0.05, 0) is 42.0 Å². The number of fused-ring (bicyclic) bond motifs is 1. The van der Waals surface area contributed by atoms with Crippen LogP contribution >= 0.6 is 11.3 Å². The Kier molecular flexibility index (Phi) is 4.21. The van der Waals surface area contributed by atoms with Gasteiger partial charge in [-0.15, -0.1) is 11.3 Å². The molecule has 0 atom stereocenters. The Morgan fingerprint density at radius 3 is 2.56 bits per heavy atom. The van der Waals surface area contributed by atoms with Crippen molar-refractivity contribution in [3.8, 4) is 28.1 Å². The largest absolute Gasteiger partial charge is 0.497 e. The van der Waals surface area contributed by atoms with E-state index in [9.17, 15) is 4.79 Å². The summed E-state index contributed by atoms with van der Waals surface area (Å²) in [6.45, 7) is 0. The Balaban J connectivity index is 2.00. The number of nitrogen functional groups attached to an aromatic ring is 1. The zero-order chi connectivity index (χ0) is 19.0. The number of pyridine rings is 2. The summed E-state index contributed by atoms with van der Waals surface area (Å²) < 4.78 is 5.22. The maximum Gasteiger partial charge on any atom is 0.260 e. The average molecular weight is 376 g/mol. The van der Waals surface area contributed by atoms with Gasteiger partial charge < -0.3 is 16.2 Å². The number of benzene rings is 1. The van der Waals surface area contributed by atoms with Crippen LogP contribution < -0.4 is 16.2 Å². The molecular formula is C20H16N4O2S. The molecule has 4 N–H and O–H groups in total. The zero-order valence-electron chi connectivity index (χ0n) is 14.5. The van der Waals surface area contributed by atoms with E-state index in [1.807, 2.05) is 42.5 Å². The van der Waals surface area contributed by atoms with E-state index < -0.39 is 5.91 Å². The molecular weight excluding hydrogens is 360 g/mol. The average Bonchev–Trinajstić information content (AvgIpc) is 3.05. The number of hydrogen-bond donors (Lipinski definition) is 2. The maximum absolute atomic E-state index is 11.8. The summed E-state index contributed by atoms with van der Waals surface area (Å²) in [6.07, 6.45) is 3.46. The number of ether oxygens (including phenoxy) is 1. The lowest BCUT2D eigenvalue weighted by atomic mass is 10.0. The van der Waals surface area contributed by atoms with E-state index in [1.165, 1.54) is 11.3 Å². The Hall–Kier alpha value is -3.45. The number of nitrogens with two attached hydrogens (primary N) is 2. The SMILES string of the molecule is COc1ccc(-c2cc(-c3cccnc3)c3c(N)c(C(N)=O)sc3n2)cc1. The zero-order valence-corrected chi connectivity index (χ0v) is 15.3. The molecule has 0 aliphatic rings. The second-order valence-electron chi connectivity index (χ2n) is 5.91. The molecule has 134 valence electrons. The lowest BCUT2D eigenvalue weighted by Gasteiger charge is -2.09. The van der Waals surface area contributed by atoms with Crippen molar-refractivity contribution >= 4 is 33.1 Å². The molecule has 0 unspecified atom stereocenters. The summed E-state index contributed by atoms with van der Waals surface area (Å²) in [7, 11) is 1.62. The number of carbonyl (C=O) groups excluding carboxylic acids is 1. The molecule has 0 saturated carbocycles. The van der Waals surface area contributed by atoms with Gasteiger partial charge in [-0.2, -0.15) is 0 Å². The molecule has 0 radical (unpaired) electrons. The fourth-order valence-electron chi connectivity index (χ4n) is 2.96. The molecule has 7 heteroatoms. The number of rotatable bonds is 4. The minimum absolute atomic E-state index is 0.314. The number of anilines is 1. The minimum atomic E-state index is -0.557. The number of amides is 1. The fourth-order valence-corrected chi connectivity index (χ4v) is 3.94. The second-order valence-corrected chi connectivity index (χ2v) is 6.91. The van der Waals surface area contributed by atoms with E-state index >= 15 is 0 Å². The Morgan fingerprint density at radius 1 is 1.15 bits per heavy atom. The van der Waals surface area contributed by atoms with Crippen LogP contribution in [-0.2, 0) is 0 Å². The highest BCUT2D eigenvalue weighted by atomic mass is 32.1. The third-order valence-electron chi connectivity index (χ3n) is 4.28. The van der Waals surface area contributed by atoms with Gasteiger partial charge in [0, 0.05) is 28.9 Å². The van der Waals surface area contributed by atoms with Crippen molar-refractivity contribution < 1.29 is 9.53 Å². The summed E-state index contributed by atoms with van der Waals surface area (Å²) in [5.41, 5.74) is 15.5. The molecule has 0 spiro atoms. The van der Waals surface area contributed by atoms with Gasteiger partial charge in [-0.3, -0.25) is 9.78 Å². The molecule has 27 heavy (non-hydrogen) atoms. The number of methoxy groups -OCH3 is 1. The van der Waals surface area contributed by atoms with Crippen molar-refractivity contribution in [2.24, 2.45) is 5.73 Å². The molecule has 6 nitrogen and oxygen atoms in total. The van der Waals surface area contributed by atoms with Crippen molar-refractivity contribution in [2.75, 3.05) is 12.8 Å². The van der Waals surface area contributed by atoms with Crippen molar-refractivity contribution in [1.82, 2.24) is 9.97 Å². The van der Waals surface area contributed by atoms with E-state index in [-0.39, 0.29) is 0 Å². The van der Waals surface area contributed by atoms with Crippen molar-refractivity contribution in [1.29, 1.82) is 0 Å². The predicted molar refractivity (Wildman–Crippen MR) is 108 cm³/mol. The van der Waals surface area contributed by atoms with Gasteiger partial charge in [0.05, 0.1) is 18.5 Å². The molecule has 4 rings (SSSR count). The minimum Gasteiger partial charge on any atom is -0.497 e. The molecule has 0 fully saturated rings. The summed E-state index contributed by atoms with van der Waals surface area (Å²) in [4.78, 5) is 21.7. The van der Waals surface area contributed by atoms with Crippen molar-refractivity contribution in [3.05, 3.63) is 59.7 Å². The van der Waals surface area contributed by atoms with Crippen LogP contribution in [0.3, 0.4) is 0 Å². The van der Waals surface area contributed by atoms with Crippen LogP contribution in [-0.4, -0.2) is 23.0 Å². The number of hydrogen-bond acceptors (Lipinski definition) is 6. The Labute approximate surface area is 159 Å². The first-order valence-electron chi connectivity index (χ1n) is 8.16. The van der Waals surface area contributed by atoms with Gasteiger partial charge in [0.15, 0.2) is 0 Å². The van der Waals surface area contributed by atoms with Crippen LogP contribution in [0.5, 0.6) is 5.75 Å². The highest BCUT2D eigenvalue weighted by Crippen LogP contribution is 2.41. The second kappa shape index (κ2) is 6.69. The monoisotopic (exact) mass is 376 g/mol. The third-order valence-corrected chi connectivity index (χ3v) is 5.40. The molecule has 4 aromatic rings. The number of carbonyl (C=O) groups is 1. The smallest absolute Gasteiger partial charge is 0.260 e. The number of primary amides is 1. The normalized spacial score (nSPS) is 10.9. The summed E-state index contributed by atoms with van der Waals surface area (Å²) in [5.74, 6) is 0.210. The van der Waals surface area contributed by atoms with Crippen LogP contribution in [0.1, 0.15) is 9.67 Å². The van der Waals surface area contributed by atoms with E-state index in [1.54, 1.807) is 19.5 Å². The van der Waals surface area contributed by atoms with Crippen LogP contribution in [0, 0.1) is 0 Å². The van der Waals surface area contributed by atoms with Crippen LogP contribution in [0.25, 0.3) is 32.6 Å². The lowest BCUT2D eigenvalue weighted by Crippen LogP contribution is -2.10. The molecule has 3 aromatic heterocycles. The molecule has 1 aromatic carbocycles. The maximum atomic E-state index is 11.8. The first kappa shape index (κ1) is 17.0. The molecule has 0 aliphatic carbocycles. The Bertz CT molecular complexity index is 1140. The fraction of sp³-hybridized carbons (Fsp3) is 0.0500.